The predicted octanol–water partition coefficient (Wildman–Crippen LogP) is 2.39. The van der Waals surface area contributed by atoms with Gasteiger partial charge in [-0.05, 0) is 24.3 Å². The molecule has 0 aliphatic rings. The van der Waals surface area contributed by atoms with Crippen LogP contribution in [0.1, 0.15) is 11.5 Å². The molecule has 0 radical (unpaired) electrons. The summed E-state index contributed by atoms with van der Waals surface area (Å²) >= 11 is 1.44. The van der Waals surface area contributed by atoms with Gasteiger partial charge in [0.1, 0.15) is 18.7 Å². The van der Waals surface area contributed by atoms with Crippen molar-refractivity contribution in [3.8, 4) is 11.5 Å². The second kappa shape index (κ2) is 6.29. The quantitative estimate of drug-likeness (QED) is 0.727. The average Bonchev–Trinajstić information content (AvgIpc) is 3.13. The molecule has 0 saturated carbocycles. The van der Waals surface area contributed by atoms with Crippen LogP contribution in [-0.4, -0.2) is 24.9 Å². The van der Waals surface area contributed by atoms with Crippen LogP contribution in [0.25, 0.3) is 11.5 Å². The molecule has 2 heterocycles. The lowest BCUT2D eigenvalue weighted by Crippen LogP contribution is -1.98. The Hall–Kier alpha value is -2.19. The van der Waals surface area contributed by atoms with Gasteiger partial charge in [0.2, 0.25) is 5.89 Å². The Morgan fingerprint density at radius 1 is 1.27 bits per heavy atom. The van der Waals surface area contributed by atoms with Crippen molar-refractivity contribution in [2.24, 2.45) is 7.05 Å². The number of aliphatic hydroxyl groups is 1. The molecule has 22 heavy (non-hydrogen) atoms. The third-order valence-corrected chi connectivity index (χ3v) is 4.11. The highest BCUT2D eigenvalue weighted by molar-refractivity contribution is 7.98. The molecule has 1 aromatic carbocycles. The molecule has 0 atom stereocenters. The maximum atomic E-state index is 12.9. The molecule has 3 rings (SSSR count). The molecule has 3 aromatic rings. The number of thioether (sulfide) groups is 1. The Morgan fingerprint density at radius 3 is 2.73 bits per heavy atom. The van der Waals surface area contributed by atoms with Crippen LogP contribution >= 0.6 is 11.8 Å². The Labute approximate surface area is 130 Å². The normalized spacial score (nSPS) is 11.0. The molecule has 0 bridgehead atoms. The van der Waals surface area contributed by atoms with Gasteiger partial charge in [-0.15, -0.1) is 10.2 Å². The van der Waals surface area contributed by atoms with Crippen LogP contribution in [0.2, 0.25) is 0 Å². The molecule has 0 aliphatic carbocycles. The molecule has 0 saturated heterocycles. The zero-order valence-electron chi connectivity index (χ0n) is 11.7. The fourth-order valence-corrected chi connectivity index (χ4v) is 2.65. The van der Waals surface area contributed by atoms with Crippen molar-refractivity contribution in [2.75, 3.05) is 0 Å². The monoisotopic (exact) mass is 320 g/mol. The molecule has 0 unspecified atom stereocenters. The van der Waals surface area contributed by atoms with Gasteiger partial charge >= 0.3 is 0 Å². The Bertz CT molecular complexity index is 770. The standard InChI is InChI=1S/C14H13FN4O2S/c1-19-12(6-20)17-18-14(19)22-8-11-7-21-13(16-11)9-2-4-10(15)5-3-9/h2-5,7,20H,6,8H2,1H3. The number of nitrogens with zero attached hydrogens (tertiary/aromatic N) is 4. The van der Waals surface area contributed by atoms with Gasteiger partial charge in [-0.3, -0.25) is 0 Å². The number of oxazole rings is 1. The van der Waals surface area contributed by atoms with E-state index in [4.69, 9.17) is 9.52 Å². The fourth-order valence-electron chi connectivity index (χ4n) is 1.85. The summed E-state index contributed by atoms with van der Waals surface area (Å²) in [6, 6.07) is 5.97. The van der Waals surface area contributed by atoms with Gasteiger partial charge in [-0.25, -0.2) is 9.37 Å². The topological polar surface area (TPSA) is 77.0 Å². The van der Waals surface area contributed by atoms with E-state index >= 15 is 0 Å². The van der Waals surface area contributed by atoms with E-state index in [0.717, 1.165) is 11.3 Å². The summed E-state index contributed by atoms with van der Waals surface area (Å²) in [4.78, 5) is 4.37. The van der Waals surface area contributed by atoms with Crippen molar-refractivity contribution in [1.82, 2.24) is 19.7 Å². The van der Waals surface area contributed by atoms with Crippen molar-refractivity contribution in [3.05, 3.63) is 47.9 Å². The summed E-state index contributed by atoms with van der Waals surface area (Å²) in [5.74, 6) is 1.22. The summed E-state index contributed by atoms with van der Waals surface area (Å²) < 4.78 is 20.0. The molecular weight excluding hydrogens is 307 g/mol. The summed E-state index contributed by atoms with van der Waals surface area (Å²) in [6.45, 7) is -0.150. The lowest BCUT2D eigenvalue weighted by atomic mass is 10.2. The zero-order valence-corrected chi connectivity index (χ0v) is 12.5. The van der Waals surface area contributed by atoms with E-state index in [2.05, 4.69) is 15.2 Å². The van der Waals surface area contributed by atoms with Crippen LogP contribution < -0.4 is 0 Å². The van der Waals surface area contributed by atoms with E-state index in [9.17, 15) is 4.39 Å². The number of hydrogen-bond acceptors (Lipinski definition) is 6. The molecular formula is C14H13FN4O2S. The van der Waals surface area contributed by atoms with Crippen molar-refractivity contribution in [3.63, 3.8) is 0 Å². The van der Waals surface area contributed by atoms with Crippen molar-refractivity contribution in [2.45, 2.75) is 17.5 Å². The number of rotatable bonds is 5. The Balaban J connectivity index is 1.69. The molecule has 0 fully saturated rings. The van der Waals surface area contributed by atoms with E-state index in [1.807, 2.05) is 0 Å². The third-order valence-electron chi connectivity index (χ3n) is 3.06. The molecule has 2 aromatic heterocycles. The smallest absolute Gasteiger partial charge is 0.226 e. The number of hydrogen-bond donors (Lipinski definition) is 1. The number of halogens is 1. The van der Waals surface area contributed by atoms with E-state index in [-0.39, 0.29) is 12.4 Å². The van der Waals surface area contributed by atoms with Gasteiger partial charge in [0, 0.05) is 18.4 Å². The predicted molar refractivity (Wildman–Crippen MR) is 78.4 cm³/mol. The van der Waals surface area contributed by atoms with Gasteiger partial charge in [-0.1, -0.05) is 11.8 Å². The van der Waals surface area contributed by atoms with E-state index < -0.39 is 0 Å². The van der Waals surface area contributed by atoms with Crippen molar-refractivity contribution >= 4 is 11.8 Å². The summed E-state index contributed by atoms with van der Waals surface area (Å²) in [6.07, 6.45) is 1.56. The first-order chi connectivity index (χ1) is 10.7. The van der Waals surface area contributed by atoms with Gasteiger partial charge < -0.3 is 14.1 Å². The second-order valence-electron chi connectivity index (χ2n) is 4.56. The Kier molecular flexibility index (Phi) is 4.21. The SMILES string of the molecule is Cn1c(CO)nnc1SCc1coc(-c2ccc(F)cc2)n1. The lowest BCUT2D eigenvalue weighted by molar-refractivity contribution is 0.266. The first kappa shape index (κ1) is 14.7. The number of aromatic nitrogens is 4. The molecule has 1 N–H and O–H groups in total. The lowest BCUT2D eigenvalue weighted by Gasteiger charge is -1.99. The summed E-state index contributed by atoms with van der Waals surface area (Å²) in [5.41, 5.74) is 1.47. The van der Waals surface area contributed by atoms with Crippen LogP contribution in [0.15, 0.2) is 40.1 Å². The van der Waals surface area contributed by atoms with Gasteiger partial charge in [-0.2, -0.15) is 0 Å². The summed E-state index contributed by atoms with van der Waals surface area (Å²) in [7, 11) is 1.79. The highest BCUT2D eigenvalue weighted by Gasteiger charge is 2.11. The van der Waals surface area contributed by atoms with Crippen molar-refractivity contribution < 1.29 is 13.9 Å². The average molecular weight is 320 g/mol. The van der Waals surface area contributed by atoms with Gasteiger partial charge in [0.05, 0.1) is 5.69 Å². The van der Waals surface area contributed by atoms with Gasteiger partial charge in [0.25, 0.3) is 0 Å². The highest BCUT2D eigenvalue weighted by atomic mass is 32.2. The van der Waals surface area contributed by atoms with Crippen molar-refractivity contribution in [1.29, 1.82) is 0 Å². The highest BCUT2D eigenvalue weighted by Crippen LogP contribution is 2.24. The number of aliphatic hydroxyl groups excluding tert-OH is 1. The first-order valence-corrected chi connectivity index (χ1v) is 7.48. The first-order valence-electron chi connectivity index (χ1n) is 6.49. The molecule has 114 valence electrons. The Morgan fingerprint density at radius 2 is 2.05 bits per heavy atom. The van der Waals surface area contributed by atoms with Crippen LogP contribution in [0.5, 0.6) is 0 Å². The zero-order chi connectivity index (χ0) is 15.5. The minimum atomic E-state index is -0.298. The van der Waals surface area contributed by atoms with Crippen LogP contribution in [-0.2, 0) is 19.4 Å². The fraction of sp³-hybridized carbons (Fsp3) is 0.214. The third kappa shape index (κ3) is 3.02. The minimum Gasteiger partial charge on any atom is -0.444 e. The molecule has 8 heteroatoms. The largest absolute Gasteiger partial charge is 0.444 e. The molecule has 6 nitrogen and oxygen atoms in total. The van der Waals surface area contributed by atoms with Crippen LogP contribution in [0.4, 0.5) is 4.39 Å². The molecule has 0 amide bonds. The maximum absolute atomic E-state index is 12.9. The van der Waals surface area contributed by atoms with Crippen LogP contribution in [0.3, 0.4) is 0 Å². The molecule has 0 spiro atoms. The maximum Gasteiger partial charge on any atom is 0.226 e. The molecule has 0 aliphatic heterocycles. The van der Waals surface area contributed by atoms with E-state index in [1.54, 1.807) is 30.0 Å². The minimum absolute atomic E-state index is 0.150. The second-order valence-corrected chi connectivity index (χ2v) is 5.50. The summed E-state index contributed by atoms with van der Waals surface area (Å²) in [5, 5.41) is 17.6. The number of benzene rings is 1. The van der Waals surface area contributed by atoms with Gasteiger partial charge in [0.15, 0.2) is 11.0 Å². The van der Waals surface area contributed by atoms with Crippen LogP contribution in [0, 0.1) is 5.82 Å². The van der Waals surface area contributed by atoms with E-state index in [0.29, 0.717) is 22.6 Å². The van der Waals surface area contributed by atoms with E-state index in [1.165, 1.54) is 23.9 Å².